The number of hydrogen-bond acceptors (Lipinski definition) is 4. The van der Waals surface area contributed by atoms with Crippen LogP contribution in [0.15, 0.2) is 66.9 Å². The summed E-state index contributed by atoms with van der Waals surface area (Å²) in [6.07, 6.45) is 2.31. The lowest BCUT2D eigenvalue weighted by Crippen LogP contribution is -2.32. The number of aryl methyl sites for hydroxylation is 1. The average Bonchev–Trinajstić information content (AvgIpc) is 3.00. The zero-order valence-electron chi connectivity index (χ0n) is 15.3. The summed E-state index contributed by atoms with van der Waals surface area (Å²) < 4.78 is 5.24. The Hall–Kier alpha value is -3.34. The number of carbonyl (C=O) groups is 1. The van der Waals surface area contributed by atoms with Gasteiger partial charge in [0.1, 0.15) is 5.75 Å². The number of ether oxygens (including phenoxy) is 1. The highest BCUT2D eigenvalue weighted by atomic mass is 16.5. The molecule has 1 N–H and O–H groups in total. The third kappa shape index (κ3) is 3.12. The van der Waals surface area contributed by atoms with Crippen LogP contribution in [-0.2, 0) is 6.42 Å². The topological polar surface area (TPSA) is 54.5 Å². The van der Waals surface area contributed by atoms with Crippen LogP contribution in [0.25, 0.3) is 0 Å². The number of methoxy groups -OCH3 is 1. The van der Waals surface area contributed by atoms with Gasteiger partial charge in [-0.25, -0.2) is 0 Å². The Labute approximate surface area is 158 Å². The number of rotatable bonds is 5. The molecule has 1 aliphatic heterocycles. The molecule has 136 valence electrons. The van der Waals surface area contributed by atoms with Crippen molar-refractivity contribution >= 4 is 17.3 Å². The SMILES string of the molecule is CCc1cccc(N[C@@H]2c3ncccc3C(=O)N2c2ccc(OC)cc2)c1. The summed E-state index contributed by atoms with van der Waals surface area (Å²) in [6.45, 7) is 2.12. The van der Waals surface area contributed by atoms with E-state index < -0.39 is 0 Å². The summed E-state index contributed by atoms with van der Waals surface area (Å²) in [5.41, 5.74) is 4.35. The van der Waals surface area contributed by atoms with Crippen molar-refractivity contribution < 1.29 is 9.53 Å². The second-order valence-electron chi connectivity index (χ2n) is 6.41. The molecular formula is C22H21N3O2. The van der Waals surface area contributed by atoms with Crippen LogP contribution in [0.4, 0.5) is 11.4 Å². The van der Waals surface area contributed by atoms with Crippen LogP contribution in [-0.4, -0.2) is 18.0 Å². The Morgan fingerprint density at radius 2 is 1.93 bits per heavy atom. The van der Waals surface area contributed by atoms with E-state index in [-0.39, 0.29) is 12.1 Å². The second-order valence-corrected chi connectivity index (χ2v) is 6.41. The number of carbonyl (C=O) groups excluding carboxylic acids is 1. The number of fused-ring (bicyclic) bond motifs is 1. The number of nitrogens with one attached hydrogen (secondary N) is 1. The van der Waals surface area contributed by atoms with E-state index in [0.717, 1.165) is 29.2 Å². The van der Waals surface area contributed by atoms with E-state index >= 15 is 0 Å². The summed E-state index contributed by atoms with van der Waals surface area (Å²) in [4.78, 5) is 19.3. The van der Waals surface area contributed by atoms with Gasteiger partial charge in [0.15, 0.2) is 6.17 Å². The third-order valence-electron chi connectivity index (χ3n) is 4.79. The number of pyridine rings is 1. The first-order valence-corrected chi connectivity index (χ1v) is 8.99. The fraction of sp³-hybridized carbons (Fsp3) is 0.182. The number of nitrogens with zero attached hydrogens (tertiary/aromatic N) is 2. The van der Waals surface area contributed by atoms with Crippen molar-refractivity contribution in [3.05, 3.63) is 83.7 Å². The smallest absolute Gasteiger partial charge is 0.262 e. The van der Waals surface area contributed by atoms with Crippen LogP contribution < -0.4 is 15.0 Å². The molecule has 0 saturated heterocycles. The maximum absolute atomic E-state index is 13.1. The Bertz CT molecular complexity index is 969. The predicted molar refractivity (Wildman–Crippen MR) is 106 cm³/mol. The summed E-state index contributed by atoms with van der Waals surface area (Å²) in [7, 11) is 1.63. The van der Waals surface area contributed by atoms with Gasteiger partial charge in [0.05, 0.1) is 18.4 Å². The van der Waals surface area contributed by atoms with Gasteiger partial charge in [-0.3, -0.25) is 14.7 Å². The standard InChI is InChI=1S/C22H21N3O2/c1-3-15-6-4-7-16(14-15)24-21-20-19(8-5-13-23-20)22(26)25(21)17-9-11-18(27-2)12-10-17/h4-14,21,24H,3H2,1-2H3/t21-/m0/s1. The summed E-state index contributed by atoms with van der Waals surface area (Å²) in [5, 5.41) is 3.49. The molecule has 0 bridgehead atoms. The molecule has 0 saturated carbocycles. The predicted octanol–water partition coefficient (Wildman–Crippen LogP) is 4.42. The fourth-order valence-electron chi connectivity index (χ4n) is 3.37. The summed E-state index contributed by atoms with van der Waals surface area (Å²) in [6, 6.07) is 19.3. The zero-order chi connectivity index (χ0) is 18.8. The number of benzene rings is 2. The Morgan fingerprint density at radius 1 is 1.11 bits per heavy atom. The van der Waals surface area contributed by atoms with Gasteiger partial charge in [-0.1, -0.05) is 19.1 Å². The van der Waals surface area contributed by atoms with Crippen LogP contribution in [0.3, 0.4) is 0 Å². The Balaban J connectivity index is 1.74. The highest BCUT2D eigenvalue weighted by molar-refractivity contribution is 6.11. The second kappa shape index (κ2) is 7.11. The Morgan fingerprint density at radius 3 is 2.67 bits per heavy atom. The molecule has 0 aliphatic carbocycles. The highest BCUT2D eigenvalue weighted by Gasteiger charge is 2.39. The van der Waals surface area contributed by atoms with Gasteiger partial charge >= 0.3 is 0 Å². The van der Waals surface area contributed by atoms with Crippen molar-refractivity contribution in [2.45, 2.75) is 19.5 Å². The lowest BCUT2D eigenvalue weighted by molar-refractivity contribution is 0.0993. The molecule has 2 aromatic carbocycles. The molecule has 1 atom stereocenters. The van der Waals surface area contributed by atoms with Crippen LogP contribution in [0.2, 0.25) is 0 Å². The van der Waals surface area contributed by atoms with Crippen molar-refractivity contribution in [3.8, 4) is 5.75 Å². The van der Waals surface area contributed by atoms with E-state index in [4.69, 9.17) is 4.74 Å². The van der Waals surface area contributed by atoms with E-state index in [0.29, 0.717) is 5.56 Å². The average molecular weight is 359 g/mol. The number of amides is 1. The van der Waals surface area contributed by atoms with E-state index in [2.05, 4.69) is 29.4 Å². The molecule has 3 aromatic rings. The van der Waals surface area contributed by atoms with Gasteiger partial charge in [-0.15, -0.1) is 0 Å². The first-order chi connectivity index (χ1) is 13.2. The molecule has 5 heteroatoms. The number of aromatic nitrogens is 1. The molecule has 5 nitrogen and oxygen atoms in total. The quantitative estimate of drug-likeness (QED) is 0.732. The lowest BCUT2D eigenvalue weighted by Gasteiger charge is -2.27. The van der Waals surface area contributed by atoms with Crippen LogP contribution in [0, 0.1) is 0 Å². The molecule has 0 fully saturated rings. The van der Waals surface area contributed by atoms with Gasteiger partial charge in [-0.2, -0.15) is 0 Å². The molecule has 4 rings (SSSR count). The Kier molecular flexibility index (Phi) is 4.50. The minimum Gasteiger partial charge on any atom is -0.497 e. The van der Waals surface area contributed by atoms with Crippen LogP contribution in [0.1, 0.15) is 34.7 Å². The van der Waals surface area contributed by atoms with E-state index in [9.17, 15) is 4.79 Å². The normalized spacial score (nSPS) is 15.6. The molecule has 1 amide bonds. The molecule has 0 spiro atoms. The monoisotopic (exact) mass is 359 g/mol. The minimum absolute atomic E-state index is 0.0626. The van der Waals surface area contributed by atoms with Crippen LogP contribution >= 0.6 is 0 Å². The van der Waals surface area contributed by atoms with Crippen molar-refractivity contribution in [3.63, 3.8) is 0 Å². The highest BCUT2D eigenvalue weighted by Crippen LogP contribution is 2.37. The van der Waals surface area contributed by atoms with Crippen molar-refractivity contribution in [2.75, 3.05) is 17.3 Å². The molecule has 2 heterocycles. The molecule has 0 unspecified atom stereocenters. The molecule has 0 radical (unpaired) electrons. The number of anilines is 2. The first kappa shape index (κ1) is 17.1. The lowest BCUT2D eigenvalue weighted by atomic mass is 10.1. The third-order valence-corrected chi connectivity index (χ3v) is 4.79. The van der Waals surface area contributed by atoms with Gasteiger partial charge < -0.3 is 10.1 Å². The van der Waals surface area contributed by atoms with Gasteiger partial charge in [-0.05, 0) is 60.5 Å². The maximum atomic E-state index is 13.1. The van der Waals surface area contributed by atoms with Crippen molar-refractivity contribution in [2.24, 2.45) is 0 Å². The van der Waals surface area contributed by atoms with Crippen molar-refractivity contribution in [1.29, 1.82) is 0 Å². The van der Waals surface area contributed by atoms with Gasteiger partial charge in [0.25, 0.3) is 5.91 Å². The van der Waals surface area contributed by atoms with Gasteiger partial charge in [0, 0.05) is 17.6 Å². The molecule has 1 aliphatic rings. The maximum Gasteiger partial charge on any atom is 0.262 e. The van der Waals surface area contributed by atoms with E-state index in [1.165, 1.54) is 5.56 Å². The summed E-state index contributed by atoms with van der Waals surface area (Å²) in [5.74, 6) is 0.689. The number of hydrogen-bond donors (Lipinski definition) is 1. The van der Waals surface area contributed by atoms with Crippen LogP contribution in [0.5, 0.6) is 5.75 Å². The molecule has 27 heavy (non-hydrogen) atoms. The zero-order valence-corrected chi connectivity index (χ0v) is 15.3. The van der Waals surface area contributed by atoms with Gasteiger partial charge in [0.2, 0.25) is 0 Å². The molecular weight excluding hydrogens is 338 g/mol. The minimum atomic E-state index is -0.366. The van der Waals surface area contributed by atoms with Crippen molar-refractivity contribution in [1.82, 2.24) is 4.98 Å². The largest absolute Gasteiger partial charge is 0.497 e. The first-order valence-electron chi connectivity index (χ1n) is 8.99. The van der Waals surface area contributed by atoms with E-state index in [1.54, 1.807) is 24.3 Å². The fourth-order valence-corrected chi connectivity index (χ4v) is 3.37. The molecule has 1 aromatic heterocycles. The van der Waals surface area contributed by atoms with E-state index in [1.807, 2.05) is 42.5 Å². The summed E-state index contributed by atoms with van der Waals surface area (Å²) >= 11 is 0.